The quantitative estimate of drug-likeness (QED) is 0.834. The Bertz CT molecular complexity index is 504. The molecule has 116 valence electrons. The van der Waals surface area contributed by atoms with Crippen molar-refractivity contribution in [2.75, 3.05) is 6.54 Å². The molecule has 0 aromatic heterocycles. The molecule has 0 bridgehead atoms. The molecule has 0 spiro atoms. The first-order chi connectivity index (χ1) is 10.0. The normalized spacial score (nSPS) is 20.2. The number of aryl methyl sites for hydroxylation is 1. The van der Waals surface area contributed by atoms with Gasteiger partial charge in [0.15, 0.2) is 6.10 Å². The fourth-order valence-electron chi connectivity index (χ4n) is 2.89. The molecule has 1 aliphatic rings. The van der Waals surface area contributed by atoms with Crippen LogP contribution in [-0.2, 0) is 4.79 Å². The monoisotopic (exact) mass is 309 g/mol. The van der Waals surface area contributed by atoms with Gasteiger partial charge >= 0.3 is 0 Å². The van der Waals surface area contributed by atoms with Crippen LogP contribution in [0.15, 0.2) is 18.2 Å². The van der Waals surface area contributed by atoms with Crippen LogP contribution >= 0.6 is 11.6 Å². The van der Waals surface area contributed by atoms with Crippen molar-refractivity contribution in [3.63, 3.8) is 0 Å². The molecule has 1 heterocycles. The van der Waals surface area contributed by atoms with Crippen molar-refractivity contribution in [1.82, 2.24) is 4.90 Å². The van der Waals surface area contributed by atoms with Gasteiger partial charge in [-0.1, -0.05) is 24.6 Å². The Morgan fingerprint density at radius 1 is 1.48 bits per heavy atom. The number of hydrogen-bond acceptors (Lipinski definition) is 2. The summed E-state index contributed by atoms with van der Waals surface area (Å²) in [6, 6.07) is 5.96. The highest BCUT2D eigenvalue weighted by atomic mass is 35.5. The molecule has 1 saturated heterocycles. The summed E-state index contributed by atoms with van der Waals surface area (Å²) in [4.78, 5) is 14.6. The van der Waals surface area contributed by atoms with Gasteiger partial charge in [0.25, 0.3) is 5.91 Å². The SMILES string of the molecule is CCC1CCCCN1C(=O)C(C)Oc1cc(C)ccc1Cl. The first-order valence-corrected chi connectivity index (χ1v) is 8.14. The van der Waals surface area contributed by atoms with E-state index in [0.29, 0.717) is 16.8 Å². The van der Waals surface area contributed by atoms with Gasteiger partial charge in [-0.2, -0.15) is 0 Å². The molecule has 0 aliphatic carbocycles. The molecule has 4 heteroatoms. The molecule has 0 N–H and O–H groups in total. The topological polar surface area (TPSA) is 29.5 Å². The van der Waals surface area contributed by atoms with Crippen molar-refractivity contribution in [3.8, 4) is 5.75 Å². The Balaban J connectivity index is 2.06. The standard InChI is InChI=1S/C17H24ClNO2/c1-4-14-7-5-6-10-19(14)17(20)13(3)21-16-11-12(2)8-9-15(16)18/h8-9,11,13-14H,4-7,10H2,1-3H3. The molecular weight excluding hydrogens is 286 g/mol. The zero-order chi connectivity index (χ0) is 15.4. The number of likely N-dealkylation sites (tertiary alicyclic amines) is 1. The highest BCUT2D eigenvalue weighted by molar-refractivity contribution is 6.32. The number of carbonyl (C=O) groups is 1. The molecule has 2 rings (SSSR count). The molecule has 0 saturated carbocycles. The second kappa shape index (κ2) is 7.17. The van der Waals surface area contributed by atoms with Crippen molar-refractivity contribution in [2.24, 2.45) is 0 Å². The van der Waals surface area contributed by atoms with Crippen LogP contribution in [-0.4, -0.2) is 29.5 Å². The summed E-state index contributed by atoms with van der Waals surface area (Å²) in [5.41, 5.74) is 1.07. The minimum absolute atomic E-state index is 0.0686. The van der Waals surface area contributed by atoms with E-state index in [4.69, 9.17) is 16.3 Å². The van der Waals surface area contributed by atoms with E-state index >= 15 is 0 Å². The summed E-state index contributed by atoms with van der Waals surface area (Å²) < 4.78 is 5.81. The molecule has 1 aromatic rings. The summed E-state index contributed by atoms with van der Waals surface area (Å²) >= 11 is 6.14. The van der Waals surface area contributed by atoms with Gasteiger partial charge in [0, 0.05) is 12.6 Å². The molecule has 2 atom stereocenters. The lowest BCUT2D eigenvalue weighted by Crippen LogP contribution is -2.48. The Labute approximate surface area is 132 Å². The molecule has 0 radical (unpaired) electrons. The van der Waals surface area contributed by atoms with Crippen molar-refractivity contribution >= 4 is 17.5 Å². The Morgan fingerprint density at radius 3 is 2.95 bits per heavy atom. The molecule has 1 aliphatic heterocycles. The van der Waals surface area contributed by atoms with Crippen molar-refractivity contribution in [2.45, 2.75) is 58.6 Å². The summed E-state index contributed by atoms with van der Waals surface area (Å²) in [7, 11) is 0. The number of carbonyl (C=O) groups excluding carboxylic acids is 1. The van der Waals surface area contributed by atoms with Gasteiger partial charge in [-0.25, -0.2) is 0 Å². The first kappa shape index (κ1) is 16.2. The van der Waals surface area contributed by atoms with Crippen LogP contribution in [0.2, 0.25) is 5.02 Å². The number of piperidine rings is 1. The minimum Gasteiger partial charge on any atom is -0.479 e. The van der Waals surface area contributed by atoms with Crippen LogP contribution < -0.4 is 4.74 Å². The van der Waals surface area contributed by atoms with Crippen LogP contribution in [0.3, 0.4) is 0 Å². The molecule has 2 unspecified atom stereocenters. The van der Waals surface area contributed by atoms with E-state index < -0.39 is 6.10 Å². The predicted octanol–water partition coefficient (Wildman–Crippen LogP) is 4.21. The van der Waals surface area contributed by atoms with Gasteiger partial charge < -0.3 is 9.64 Å². The number of amides is 1. The molecule has 1 amide bonds. The van der Waals surface area contributed by atoms with Gasteiger partial charge in [0.2, 0.25) is 0 Å². The number of rotatable bonds is 4. The number of hydrogen-bond donors (Lipinski definition) is 0. The smallest absolute Gasteiger partial charge is 0.263 e. The number of halogens is 1. The average molecular weight is 310 g/mol. The zero-order valence-corrected chi connectivity index (χ0v) is 13.8. The summed E-state index contributed by atoms with van der Waals surface area (Å²) in [5, 5.41) is 0.547. The van der Waals surface area contributed by atoms with E-state index in [2.05, 4.69) is 6.92 Å². The van der Waals surface area contributed by atoms with Crippen molar-refractivity contribution in [3.05, 3.63) is 28.8 Å². The molecule has 1 aromatic carbocycles. The van der Waals surface area contributed by atoms with E-state index in [0.717, 1.165) is 31.4 Å². The average Bonchev–Trinajstić information content (AvgIpc) is 2.50. The maximum absolute atomic E-state index is 12.6. The van der Waals surface area contributed by atoms with Gasteiger partial charge in [-0.05, 0) is 57.2 Å². The van der Waals surface area contributed by atoms with Crippen molar-refractivity contribution < 1.29 is 9.53 Å². The second-order valence-electron chi connectivity index (χ2n) is 5.78. The van der Waals surface area contributed by atoms with Gasteiger partial charge in [0.05, 0.1) is 5.02 Å². The van der Waals surface area contributed by atoms with E-state index in [-0.39, 0.29) is 5.91 Å². The summed E-state index contributed by atoms with van der Waals surface area (Å²) in [6.45, 7) is 6.77. The van der Waals surface area contributed by atoms with Crippen LogP contribution in [0.25, 0.3) is 0 Å². The Morgan fingerprint density at radius 2 is 2.24 bits per heavy atom. The fraction of sp³-hybridized carbons (Fsp3) is 0.588. The zero-order valence-electron chi connectivity index (χ0n) is 13.1. The maximum Gasteiger partial charge on any atom is 0.263 e. The lowest BCUT2D eigenvalue weighted by Gasteiger charge is -2.36. The number of benzene rings is 1. The van der Waals surface area contributed by atoms with E-state index in [9.17, 15) is 4.79 Å². The lowest BCUT2D eigenvalue weighted by atomic mass is 9.99. The number of nitrogens with zero attached hydrogens (tertiary/aromatic N) is 1. The van der Waals surface area contributed by atoms with Crippen LogP contribution in [0, 0.1) is 6.92 Å². The minimum atomic E-state index is -0.503. The van der Waals surface area contributed by atoms with Crippen LogP contribution in [0.5, 0.6) is 5.75 Å². The second-order valence-corrected chi connectivity index (χ2v) is 6.19. The molecule has 3 nitrogen and oxygen atoms in total. The molecule has 21 heavy (non-hydrogen) atoms. The van der Waals surface area contributed by atoms with Gasteiger partial charge in [0.1, 0.15) is 5.75 Å². The maximum atomic E-state index is 12.6. The van der Waals surface area contributed by atoms with Crippen LogP contribution in [0.4, 0.5) is 0 Å². The fourth-order valence-corrected chi connectivity index (χ4v) is 3.05. The number of ether oxygens (including phenoxy) is 1. The molecular formula is C17H24ClNO2. The van der Waals surface area contributed by atoms with Crippen molar-refractivity contribution in [1.29, 1.82) is 0 Å². The first-order valence-electron chi connectivity index (χ1n) is 7.76. The Hall–Kier alpha value is -1.22. The lowest BCUT2D eigenvalue weighted by molar-refractivity contribution is -0.141. The van der Waals surface area contributed by atoms with Gasteiger partial charge in [-0.3, -0.25) is 4.79 Å². The van der Waals surface area contributed by atoms with E-state index in [1.54, 1.807) is 6.07 Å². The Kier molecular flexibility index (Phi) is 5.51. The predicted molar refractivity (Wildman–Crippen MR) is 85.9 cm³/mol. The summed E-state index contributed by atoms with van der Waals surface area (Å²) in [5.74, 6) is 0.654. The van der Waals surface area contributed by atoms with E-state index in [1.165, 1.54) is 6.42 Å². The van der Waals surface area contributed by atoms with Gasteiger partial charge in [-0.15, -0.1) is 0 Å². The van der Waals surface area contributed by atoms with Crippen LogP contribution in [0.1, 0.15) is 45.1 Å². The summed E-state index contributed by atoms with van der Waals surface area (Å²) in [6.07, 6.45) is 3.89. The highest BCUT2D eigenvalue weighted by Gasteiger charge is 2.29. The third-order valence-corrected chi connectivity index (χ3v) is 4.43. The van der Waals surface area contributed by atoms with E-state index in [1.807, 2.05) is 30.9 Å². The third kappa shape index (κ3) is 3.91. The third-order valence-electron chi connectivity index (χ3n) is 4.12. The highest BCUT2D eigenvalue weighted by Crippen LogP contribution is 2.27. The molecule has 1 fully saturated rings. The largest absolute Gasteiger partial charge is 0.479 e.